The predicted molar refractivity (Wildman–Crippen MR) is 96.6 cm³/mol. The quantitative estimate of drug-likeness (QED) is 0.791. The maximum absolute atomic E-state index is 10.6. The van der Waals surface area contributed by atoms with Gasteiger partial charge in [-0.3, -0.25) is 0 Å². The zero-order chi connectivity index (χ0) is 17.2. The van der Waals surface area contributed by atoms with E-state index in [-0.39, 0.29) is 6.10 Å². The molecule has 6 heteroatoms. The molecule has 1 unspecified atom stereocenters. The van der Waals surface area contributed by atoms with Crippen LogP contribution in [0.1, 0.15) is 24.1 Å². The molecule has 6 nitrogen and oxygen atoms in total. The first kappa shape index (κ1) is 16.0. The van der Waals surface area contributed by atoms with E-state index in [1.54, 1.807) is 10.8 Å². The van der Waals surface area contributed by atoms with Crippen molar-refractivity contribution in [2.24, 2.45) is 5.92 Å². The van der Waals surface area contributed by atoms with E-state index >= 15 is 0 Å². The summed E-state index contributed by atoms with van der Waals surface area (Å²) in [6.07, 6.45) is 4.05. The van der Waals surface area contributed by atoms with E-state index in [0.29, 0.717) is 5.92 Å². The van der Waals surface area contributed by atoms with Gasteiger partial charge in [-0.25, -0.2) is 0 Å². The molecule has 3 heterocycles. The molecule has 1 aromatic carbocycles. The third kappa shape index (κ3) is 3.35. The second-order valence-corrected chi connectivity index (χ2v) is 6.85. The molecule has 2 aromatic heterocycles. The molecule has 0 spiro atoms. The number of rotatable bonds is 4. The first-order valence-corrected chi connectivity index (χ1v) is 8.85. The Balaban J connectivity index is 1.43. The summed E-state index contributed by atoms with van der Waals surface area (Å²) in [6.45, 7) is 3.82. The number of piperidine rings is 1. The Morgan fingerprint density at radius 3 is 2.72 bits per heavy atom. The lowest BCUT2D eigenvalue weighted by Gasteiger charge is -2.35. The van der Waals surface area contributed by atoms with Gasteiger partial charge in [-0.2, -0.15) is 9.61 Å². The number of aromatic nitrogens is 4. The maximum atomic E-state index is 10.6. The van der Waals surface area contributed by atoms with E-state index in [9.17, 15) is 5.11 Å². The number of hydrogen-bond acceptors (Lipinski definition) is 5. The molecule has 0 amide bonds. The standard InChI is InChI=1S/C19H23N5O/c1-14-11-17(19-21-20-13-24(19)22-14)23-9-7-16(8-10-23)18(25)12-15-5-3-2-4-6-15/h2-6,11,13,16,18,25H,7-10,12H2,1H3. The monoisotopic (exact) mass is 337 g/mol. The van der Waals surface area contributed by atoms with Gasteiger partial charge in [0.2, 0.25) is 5.65 Å². The molecule has 25 heavy (non-hydrogen) atoms. The highest BCUT2D eigenvalue weighted by Crippen LogP contribution is 2.28. The van der Waals surface area contributed by atoms with E-state index in [0.717, 1.165) is 49.4 Å². The summed E-state index contributed by atoms with van der Waals surface area (Å²) in [5, 5.41) is 23.2. The summed E-state index contributed by atoms with van der Waals surface area (Å²) in [5.74, 6) is 0.341. The van der Waals surface area contributed by atoms with E-state index in [1.165, 1.54) is 5.56 Å². The Labute approximate surface area is 147 Å². The minimum Gasteiger partial charge on any atom is -0.392 e. The average molecular weight is 337 g/mol. The number of benzene rings is 1. The number of aliphatic hydroxyl groups excluding tert-OH is 1. The lowest BCUT2D eigenvalue weighted by atomic mass is 9.88. The van der Waals surface area contributed by atoms with Crippen LogP contribution in [0, 0.1) is 12.8 Å². The van der Waals surface area contributed by atoms with Crippen LogP contribution in [0.15, 0.2) is 42.7 Å². The van der Waals surface area contributed by atoms with E-state index < -0.39 is 0 Å². The molecule has 4 rings (SSSR count). The molecule has 1 aliphatic heterocycles. The highest BCUT2D eigenvalue weighted by Gasteiger charge is 2.26. The van der Waals surface area contributed by atoms with Gasteiger partial charge >= 0.3 is 0 Å². The van der Waals surface area contributed by atoms with Crippen molar-refractivity contribution in [2.45, 2.75) is 32.3 Å². The second kappa shape index (κ2) is 6.80. The third-order valence-corrected chi connectivity index (χ3v) is 5.08. The van der Waals surface area contributed by atoms with Crippen LogP contribution in [0.5, 0.6) is 0 Å². The number of fused-ring (bicyclic) bond motifs is 1. The fourth-order valence-corrected chi connectivity index (χ4v) is 3.71. The highest BCUT2D eigenvalue weighted by atomic mass is 16.3. The zero-order valence-electron chi connectivity index (χ0n) is 14.4. The van der Waals surface area contributed by atoms with Gasteiger partial charge in [0.15, 0.2) is 0 Å². The summed E-state index contributed by atoms with van der Waals surface area (Å²) in [7, 11) is 0. The Hall–Kier alpha value is -2.47. The molecule has 130 valence electrons. The van der Waals surface area contributed by atoms with Crippen LogP contribution < -0.4 is 4.90 Å². The molecular weight excluding hydrogens is 314 g/mol. The smallest absolute Gasteiger partial charge is 0.200 e. The molecule has 1 aliphatic rings. The lowest BCUT2D eigenvalue weighted by Crippen LogP contribution is -2.38. The normalized spacial score (nSPS) is 17.1. The van der Waals surface area contributed by atoms with Crippen LogP contribution in [0.25, 0.3) is 5.65 Å². The van der Waals surface area contributed by atoms with Crippen molar-refractivity contribution in [2.75, 3.05) is 18.0 Å². The Kier molecular flexibility index (Phi) is 4.36. The molecular formula is C19H23N5O. The Morgan fingerprint density at radius 2 is 1.96 bits per heavy atom. The van der Waals surface area contributed by atoms with Crippen molar-refractivity contribution in [3.05, 3.63) is 54.0 Å². The van der Waals surface area contributed by atoms with Crippen LogP contribution in [0.3, 0.4) is 0 Å². The van der Waals surface area contributed by atoms with Crippen molar-refractivity contribution < 1.29 is 5.11 Å². The lowest BCUT2D eigenvalue weighted by molar-refractivity contribution is 0.0930. The van der Waals surface area contributed by atoms with Crippen molar-refractivity contribution >= 4 is 11.3 Å². The number of nitrogens with zero attached hydrogens (tertiary/aromatic N) is 5. The first-order chi connectivity index (χ1) is 12.2. The summed E-state index contributed by atoms with van der Waals surface area (Å²) in [5.41, 5.74) is 4.04. The minimum atomic E-state index is -0.281. The molecule has 0 bridgehead atoms. The SMILES string of the molecule is Cc1cc(N2CCC(C(O)Cc3ccccc3)CC2)c2nncn2n1. The van der Waals surface area contributed by atoms with Gasteiger partial charge in [-0.05, 0) is 43.7 Å². The number of anilines is 1. The molecule has 0 saturated carbocycles. The van der Waals surface area contributed by atoms with E-state index in [1.807, 2.05) is 25.1 Å². The van der Waals surface area contributed by atoms with Crippen LogP contribution in [0.2, 0.25) is 0 Å². The molecule has 3 aromatic rings. The largest absolute Gasteiger partial charge is 0.392 e. The Morgan fingerprint density at radius 1 is 1.20 bits per heavy atom. The molecule has 0 aliphatic carbocycles. The van der Waals surface area contributed by atoms with Crippen LogP contribution in [-0.2, 0) is 6.42 Å². The molecule has 1 fully saturated rings. The molecule has 1 saturated heterocycles. The van der Waals surface area contributed by atoms with E-state index in [2.05, 4.69) is 38.4 Å². The topological polar surface area (TPSA) is 66.5 Å². The molecule has 1 N–H and O–H groups in total. The third-order valence-electron chi connectivity index (χ3n) is 5.08. The van der Waals surface area contributed by atoms with Gasteiger partial charge in [-0.1, -0.05) is 30.3 Å². The van der Waals surface area contributed by atoms with Crippen LogP contribution in [-0.4, -0.2) is 44.1 Å². The minimum absolute atomic E-state index is 0.281. The van der Waals surface area contributed by atoms with Gasteiger partial charge in [0.1, 0.15) is 6.33 Å². The van der Waals surface area contributed by atoms with Crippen molar-refractivity contribution in [1.82, 2.24) is 19.8 Å². The van der Waals surface area contributed by atoms with Crippen molar-refractivity contribution in [3.8, 4) is 0 Å². The fourth-order valence-electron chi connectivity index (χ4n) is 3.71. The number of aryl methyl sites for hydroxylation is 1. The van der Waals surface area contributed by atoms with Gasteiger partial charge in [-0.15, -0.1) is 10.2 Å². The fraction of sp³-hybridized carbons (Fsp3) is 0.421. The predicted octanol–water partition coefficient (Wildman–Crippen LogP) is 2.25. The number of aliphatic hydroxyl groups is 1. The van der Waals surface area contributed by atoms with Crippen LogP contribution >= 0.6 is 0 Å². The highest BCUT2D eigenvalue weighted by molar-refractivity contribution is 5.68. The Bertz CT molecular complexity index is 839. The molecule has 1 atom stereocenters. The average Bonchev–Trinajstić information content (AvgIpc) is 3.10. The van der Waals surface area contributed by atoms with Gasteiger partial charge in [0.05, 0.1) is 17.5 Å². The van der Waals surface area contributed by atoms with Gasteiger partial charge in [0.25, 0.3) is 0 Å². The summed E-state index contributed by atoms with van der Waals surface area (Å²) in [6, 6.07) is 12.3. The van der Waals surface area contributed by atoms with Crippen molar-refractivity contribution in [3.63, 3.8) is 0 Å². The first-order valence-electron chi connectivity index (χ1n) is 8.85. The van der Waals surface area contributed by atoms with Crippen LogP contribution in [0.4, 0.5) is 5.69 Å². The summed E-state index contributed by atoms with van der Waals surface area (Å²) in [4.78, 5) is 2.34. The van der Waals surface area contributed by atoms with E-state index in [4.69, 9.17) is 0 Å². The van der Waals surface area contributed by atoms with Gasteiger partial charge in [0, 0.05) is 13.1 Å². The van der Waals surface area contributed by atoms with Gasteiger partial charge < -0.3 is 10.0 Å². The second-order valence-electron chi connectivity index (χ2n) is 6.85. The summed E-state index contributed by atoms with van der Waals surface area (Å²) < 4.78 is 1.74. The zero-order valence-corrected chi connectivity index (χ0v) is 14.4. The number of hydrogen-bond donors (Lipinski definition) is 1. The molecule has 0 radical (unpaired) electrons. The summed E-state index contributed by atoms with van der Waals surface area (Å²) >= 11 is 0. The maximum Gasteiger partial charge on any atom is 0.200 e. The van der Waals surface area contributed by atoms with Crippen molar-refractivity contribution in [1.29, 1.82) is 0 Å².